The second-order valence-corrected chi connectivity index (χ2v) is 12.5. The Morgan fingerprint density at radius 3 is 2.18 bits per heavy atom. The third-order valence-corrected chi connectivity index (χ3v) is 9.56. The minimum Gasteiger partial charge on any atom is -0.478 e. The van der Waals surface area contributed by atoms with E-state index in [4.69, 9.17) is 4.74 Å². The molecule has 3 aromatic rings. The number of carboxylic acids is 1. The van der Waals surface area contributed by atoms with Gasteiger partial charge in [-0.05, 0) is 127 Å². The van der Waals surface area contributed by atoms with Gasteiger partial charge in [-0.2, -0.15) is 0 Å². The number of hydrogen-bond donors (Lipinski definition) is 1. The van der Waals surface area contributed by atoms with Crippen LogP contribution in [-0.4, -0.2) is 17.7 Å². The van der Waals surface area contributed by atoms with Crippen LogP contribution in [0, 0.1) is 17.8 Å². The highest BCUT2D eigenvalue weighted by Gasteiger charge is 2.52. The second-order valence-electron chi connectivity index (χ2n) is 12.5. The van der Waals surface area contributed by atoms with E-state index in [9.17, 15) is 9.90 Å². The molecule has 0 unspecified atom stereocenters. The number of carbonyl (C=O) groups is 1. The van der Waals surface area contributed by atoms with Gasteiger partial charge in [0.1, 0.15) is 0 Å². The zero-order valence-electron chi connectivity index (χ0n) is 23.1. The quantitative estimate of drug-likeness (QED) is 0.215. The predicted molar refractivity (Wildman–Crippen MR) is 158 cm³/mol. The Bertz CT molecular complexity index is 1300. The van der Waals surface area contributed by atoms with Crippen LogP contribution in [0.3, 0.4) is 0 Å². The molecule has 4 aliphatic carbocycles. The Labute approximate surface area is 232 Å². The predicted octanol–water partition coefficient (Wildman–Crippen LogP) is 8.56. The molecule has 0 aliphatic heterocycles. The van der Waals surface area contributed by atoms with Gasteiger partial charge in [0.25, 0.3) is 0 Å². The van der Waals surface area contributed by atoms with E-state index < -0.39 is 5.97 Å². The van der Waals surface area contributed by atoms with E-state index in [1.807, 2.05) is 18.2 Å². The number of aryl methyl sites for hydroxylation is 1. The van der Waals surface area contributed by atoms with Crippen LogP contribution in [-0.2, 0) is 23.2 Å². The van der Waals surface area contributed by atoms with Gasteiger partial charge >= 0.3 is 5.97 Å². The van der Waals surface area contributed by atoms with Crippen LogP contribution in [0.2, 0.25) is 0 Å². The summed E-state index contributed by atoms with van der Waals surface area (Å²) >= 11 is 0. The van der Waals surface area contributed by atoms with Crippen LogP contribution in [0.1, 0.15) is 90.0 Å². The molecule has 3 heteroatoms. The van der Waals surface area contributed by atoms with E-state index in [-0.39, 0.29) is 0 Å². The highest BCUT2D eigenvalue weighted by molar-refractivity contribution is 5.88. The molecule has 1 N–H and O–H groups in total. The normalized spacial score (nSPS) is 25.7. The first-order valence-electron chi connectivity index (χ1n) is 14.7. The first kappa shape index (κ1) is 26.1. The van der Waals surface area contributed by atoms with Gasteiger partial charge in [0.15, 0.2) is 0 Å². The van der Waals surface area contributed by atoms with Gasteiger partial charge in [0.2, 0.25) is 0 Å². The summed E-state index contributed by atoms with van der Waals surface area (Å²) in [4.78, 5) is 11.2. The molecule has 202 valence electrons. The van der Waals surface area contributed by atoms with Crippen molar-refractivity contribution in [2.45, 2.75) is 70.3 Å². The zero-order chi connectivity index (χ0) is 26.8. The molecule has 3 nitrogen and oxygen atoms in total. The second kappa shape index (κ2) is 11.1. The molecule has 7 rings (SSSR count). The van der Waals surface area contributed by atoms with E-state index in [1.165, 1.54) is 60.8 Å². The van der Waals surface area contributed by atoms with Gasteiger partial charge < -0.3 is 9.84 Å². The van der Waals surface area contributed by atoms with Crippen LogP contribution in [0.25, 0.3) is 11.6 Å². The average Bonchev–Trinajstić information content (AvgIpc) is 2.93. The number of carboxylic acid groups (broad SMARTS) is 1. The van der Waals surface area contributed by atoms with Gasteiger partial charge in [-0.3, -0.25) is 0 Å². The summed E-state index contributed by atoms with van der Waals surface area (Å²) in [5, 5.41) is 9.23. The van der Waals surface area contributed by atoms with Crippen LogP contribution in [0.4, 0.5) is 0 Å². The summed E-state index contributed by atoms with van der Waals surface area (Å²) in [5.74, 6) is 1.84. The van der Waals surface area contributed by atoms with E-state index >= 15 is 0 Å². The Hall–Kier alpha value is -3.17. The minimum absolute atomic E-state index is 0.325. The van der Waals surface area contributed by atoms with Gasteiger partial charge in [-0.25, -0.2) is 4.79 Å². The first-order chi connectivity index (χ1) is 19.0. The van der Waals surface area contributed by atoms with Crippen molar-refractivity contribution in [3.8, 4) is 0 Å². The number of hydrogen-bond acceptors (Lipinski definition) is 2. The van der Waals surface area contributed by atoms with E-state index in [0.717, 1.165) is 42.8 Å². The maximum absolute atomic E-state index is 11.2. The lowest BCUT2D eigenvalue weighted by Crippen LogP contribution is -2.49. The van der Waals surface area contributed by atoms with Crippen molar-refractivity contribution in [1.82, 2.24) is 0 Å². The van der Waals surface area contributed by atoms with Gasteiger partial charge in [-0.1, -0.05) is 66.7 Å². The van der Waals surface area contributed by atoms with Crippen molar-refractivity contribution in [3.63, 3.8) is 0 Å². The van der Waals surface area contributed by atoms with Crippen LogP contribution < -0.4 is 0 Å². The maximum atomic E-state index is 11.2. The Morgan fingerprint density at radius 2 is 1.54 bits per heavy atom. The summed E-state index contributed by atoms with van der Waals surface area (Å²) in [6.07, 6.45) is 12.7. The minimum atomic E-state index is -0.886. The molecule has 0 aromatic heterocycles. The molecule has 0 atom stereocenters. The Kier molecular flexibility index (Phi) is 7.44. The lowest BCUT2D eigenvalue weighted by Gasteiger charge is -2.57. The van der Waals surface area contributed by atoms with E-state index in [2.05, 4.69) is 55.5 Å². The Balaban J connectivity index is 1.23. The number of allylic oxidation sites excluding steroid dienone is 1. The molecule has 3 aromatic carbocycles. The van der Waals surface area contributed by atoms with Crippen molar-refractivity contribution >= 4 is 17.6 Å². The zero-order valence-corrected chi connectivity index (χ0v) is 23.1. The number of benzene rings is 3. The molecule has 4 aliphatic rings. The highest BCUT2D eigenvalue weighted by Crippen LogP contribution is 2.61. The van der Waals surface area contributed by atoms with E-state index in [0.29, 0.717) is 17.6 Å². The monoisotopic (exact) mass is 520 g/mol. The molecule has 4 saturated carbocycles. The van der Waals surface area contributed by atoms with Crippen molar-refractivity contribution in [1.29, 1.82) is 0 Å². The van der Waals surface area contributed by atoms with Crippen LogP contribution >= 0.6 is 0 Å². The summed E-state index contributed by atoms with van der Waals surface area (Å²) in [7, 11) is 0. The molecule has 0 spiro atoms. The largest absolute Gasteiger partial charge is 0.478 e. The molecule has 4 fully saturated rings. The van der Waals surface area contributed by atoms with Crippen LogP contribution in [0.5, 0.6) is 0 Å². The van der Waals surface area contributed by atoms with Crippen LogP contribution in [0.15, 0.2) is 72.8 Å². The number of aromatic carboxylic acids is 1. The molecule has 0 heterocycles. The van der Waals surface area contributed by atoms with Gasteiger partial charge in [0.05, 0.1) is 12.2 Å². The number of rotatable bonds is 10. The molecular formula is C36H40O3. The van der Waals surface area contributed by atoms with Gasteiger partial charge in [-0.15, -0.1) is 0 Å². The topological polar surface area (TPSA) is 46.5 Å². The van der Waals surface area contributed by atoms with Crippen molar-refractivity contribution in [2.75, 3.05) is 6.61 Å². The fourth-order valence-electron chi connectivity index (χ4n) is 8.16. The summed E-state index contributed by atoms with van der Waals surface area (Å²) < 4.78 is 6.04. The summed E-state index contributed by atoms with van der Waals surface area (Å²) in [6.45, 7) is 3.64. The summed E-state index contributed by atoms with van der Waals surface area (Å²) in [6, 6.07) is 24.8. The third kappa shape index (κ3) is 5.75. The van der Waals surface area contributed by atoms with E-state index in [1.54, 1.807) is 17.7 Å². The molecule has 39 heavy (non-hydrogen) atoms. The van der Waals surface area contributed by atoms with Crippen molar-refractivity contribution < 1.29 is 14.6 Å². The smallest absolute Gasteiger partial charge is 0.335 e. The molecule has 0 amide bonds. The lowest BCUT2D eigenvalue weighted by atomic mass is 9.47. The number of ether oxygens (including phenoxy) is 1. The summed E-state index contributed by atoms with van der Waals surface area (Å²) in [5.41, 5.74) is 8.57. The SMILES string of the molecule is CC(=Cc1ccc(C(=O)O)cc1)c1ccc(CCCOCc2ccccc2)c(C23CC4CC(CC(C4)C2)C3)c1. The molecule has 0 radical (unpaired) electrons. The highest BCUT2D eigenvalue weighted by atomic mass is 16.5. The average molecular weight is 521 g/mol. The van der Waals surface area contributed by atoms with Gasteiger partial charge in [0, 0.05) is 6.61 Å². The Morgan fingerprint density at radius 1 is 0.897 bits per heavy atom. The first-order valence-corrected chi connectivity index (χ1v) is 14.7. The standard InChI is InChI=1S/C36H40O3/c1-25(16-26-9-11-32(12-10-26)35(37)38)33-14-13-31(8-5-15-39-24-27-6-3-2-4-7-27)34(20-33)36-21-28-17-29(22-36)19-30(18-28)23-36/h2-4,6-7,9-14,16,20,28-30H,5,8,15,17-19,21-24H2,1H3,(H,37,38). The third-order valence-electron chi connectivity index (χ3n) is 9.56. The molecule has 4 bridgehead atoms. The lowest BCUT2D eigenvalue weighted by molar-refractivity contribution is -0.00564. The molecule has 0 saturated heterocycles. The fraction of sp³-hybridized carbons (Fsp3) is 0.417. The van der Waals surface area contributed by atoms with Crippen molar-refractivity contribution in [2.24, 2.45) is 17.8 Å². The molecular weight excluding hydrogens is 480 g/mol. The fourth-order valence-corrected chi connectivity index (χ4v) is 8.16. The van der Waals surface area contributed by atoms with Crippen molar-refractivity contribution in [3.05, 3.63) is 106 Å². The maximum Gasteiger partial charge on any atom is 0.335 e.